The molecular formula is C26H36N4O8S. The quantitative estimate of drug-likeness (QED) is 0.305. The predicted octanol–water partition coefficient (Wildman–Crippen LogP) is 3.10. The molecule has 2 aromatic rings. The molecule has 0 saturated carbocycles. The van der Waals surface area contributed by atoms with Crippen LogP contribution in [-0.2, 0) is 26.2 Å². The van der Waals surface area contributed by atoms with Gasteiger partial charge in [0.2, 0.25) is 21.8 Å². The van der Waals surface area contributed by atoms with Gasteiger partial charge in [0.25, 0.3) is 5.69 Å². The zero-order valence-electron chi connectivity index (χ0n) is 23.3. The topological polar surface area (TPSA) is 148 Å². The molecule has 12 nitrogen and oxygen atoms in total. The van der Waals surface area contributed by atoms with Crippen LogP contribution >= 0.6 is 0 Å². The Labute approximate surface area is 229 Å². The number of carbonyl (C=O) groups excluding carboxylic acids is 2. The van der Waals surface area contributed by atoms with Crippen molar-refractivity contribution in [3.05, 3.63) is 58.1 Å². The van der Waals surface area contributed by atoms with Crippen molar-refractivity contribution >= 4 is 33.2 Å². The number of nitro benzene ring substituents is 1. The minimum Gasteiger partial charge on any atom is -0.497 e. The summed E-state index contributed by atoms with van der Waals surface area (Å²) in [6, 6.07) is 9.45. The first kappa shape index (κ1) is 31.3. The van der Waals surface area contributed by atoms with Gasteiger partial charge in [0.1, 0.15) is 29.8 Å². The number of anilines is 1. The summed E-state index contributed by atoms with van der Waals surface area (Å²) in [5.41, 5.74) is -0.434. The molecule has 0 aromatic heterocycles. The predicted molar refractivity (Wildman–Crippen MR) is 147 cm³/mol. The van der Waals surface area contributed by atoms with Crippen molar-refractivity contribution in [2.45, 2.75) is 52.2 Å². The van der Waals surface area contributed by atoms with Crippen molar-refractivity contribution in [1.29, 1.82) is 0 Å². The summed E-state index contributed by atoms with van der Waals surface area (Å²) in [6.07, 6.45) is 1.14. The van der Waals surface area contributed by atoms with E-state index in [1.165, 1.54) is 31.3 Å². The second-order valence-corrected chi connectivity index (χ2v) is 11.8. The summed E-state index contributed by atoms with van der Waals surface area (Å²) in [5.74, 6) is -0.445. The van der Waals surface area contributed by atoms with Crippen molar-refractivity contribution in [2.24, 2.45) is 0 Å². The van der Waals surface area contributed by atoms with Gasteiger partial charge in [-0.1, -0.05) is 19.1 Å². The molecule has 0 unspecified atom stereocenters. The van der Waals surface area contributed by atoms with Crippen LogP contribution in [0.1, 0.15) is 39.7 Å². The fourth-order valence-corrected chi connectivity index (χ4v) is 4.73. The normalized spacial score (nSPS) is 12.3. The number of nitrogens with zero attached hydrogens (tertiary/aromatic N) is 3. The summed E-state index contributed by atoms with van der Waals surface area (Å²) in [4.78, 5) is 39.1. The maximum atomic E-state index is 13.8. The smallest absolute Gasteiger partial charge is 0.271 e. The Balaban J connectivity index is 2.57. The number of hydrogen-bond donors (Lipinski definition) is 1. The van der Waals surface area contributed by atoms with Gasteiger partial charge in [-0.2, -0.15) is 0 Å². The summed E-state index contributed by atoms with van der Waals surface area (Å²) in [7, 11) is -1.31. The number of nitro groups is 1. The van der Waals surface area contributed by atoms with Crippen molar-refractivity contribution in [3.63, 3.8) is 0 Å². The highest BCUT2D eigenvalue weighted by atomic mass is 32.2. The fraction of sp³-hybridized carbons (Fsp3) is 0.462. The largest absolute Gasteiger partial charge is 0.497 e. The third-order valence-corrected chi connectivity index (χ3v) is 6.84. The number of rotatable bonds is 12. The van der Waals surface area contributed by atoms with Crippen LogP contribution in [0.5, 0.6) is 11.5 Å². The standard InChI is InChI=1S/C26H36N4O8S/c1-8-21(25(32)27-26(2,3)4)28(16-18-9-12-20(37-5)13-10-18)24(31)17-29(39(7,35)36)22-15-19(30(33)34)11-14-23(22)38-6/h9-15,21H,8,16-17H2,1-7H3,(H,27,32)/t21-/m1/s1. The van der Waals surface area contributed by atoms with Crippen LogP contribution < -0.4 is 19.1 Å². The Bertz CT molecular complexity index is 1290. The van der Waals surface area contributed by atoms with Gasteiger partial charge in [0.05, 0.1) is 25.4 Å². The number of benzene rings is 2. The highest BCUT2D eigenvalue weighted by Gasteiger charge is 2.34. The van der Waals surface area contributed by atoms with E-state index in [4.69, 9.17) is 9.47 Å². The van der Waals surface area contributed by atoms with Crippen LogP contribution in [-0.4, -0.2) is 68.7 Å². The maximum Gasteiger partial charge on any atom is 0.271 e. The number of non-ortho nitro benzene ring substituents is 1. The Morgan fingerprint density at radius 2 is 1.69 bits per heavy atom. The van der Waals surface area contributed by atoms with Crippen LogP contribution in [0.3, 0.4) is 0 Å². The zero-order chi connectivity index (χ0) is 29.5. The molecule has 2 rings (SSSR count). The van der Waals surface area contributed by atoms with Gasteiger partial charge in [0.15, 0.2) is 0 Å². The lowest BCUT2D eigenvalue weighted by atomic mass is 10.1. The first-order chi connectivity index (χ1) is 18.1. The van der Waals surface area contributed by atoms with E-state index in [9.17, 15) is 28.1 Å². The minimum absolute atomic E-state index is 0.00255. The van der Waals surface area contributed by atoms with Crippen LogP contribution in [0.2, 0.25) is 0 Å². The average Bonchev–Trinajstić information content (AvgIpc) is 2.85. The molecule has 1 N–H and O–H groups in total. The lowest BCUT2D eigenvalue weighted by molar-refractivity contribution is -0.384. The highest BCUT2D eigenvalue weighted by Crippen LogP contribution is 2.34. The molecule has 0 saturated heterocycles. The molecule has 0 radical (unpaired) electrons. The van der Waals surface area contributed by atoms with E-state index in [2.05, 4.69) is 5.32 Å². The van der Waals surface area contributed by atoms with E-state index in [1.54, 1.807) is 31.2 Å². The third kappa shape index (κ3) is 8.57. The number of carbonyl (C=O) groups is 2. The number of ether oxygens (including phenoxy) is 2. The van der Waals surface area contributed by atoms with Crippen molar-refractivity contribution in [3.8, 4) is 11.5 Å². The summed E-state index contributed by atoms with van der Waals surface area (Å²) < 4.78 is 36.9. The van der Waals surface area contributed by atoms with Gasteiger partial charge < -0.3 is 19.7 Å². The first-order valence-electron chi connectivity index (χ1n) is 12.2. The second-order valence-electron chi connectivity index (χ2n) is 9.92. The fourth-order valence-electron chi connectivity index (χ4n) is 3.88. The average molecular weight is 565 g/mol. The van der Waals surface area contributed by atoms with E-state index in [-0.39, 0.29) is 30.1 Å². The summed E-state index contributed by atoms with van der Waals surface area (Å²) in [5, 5.41) is 14.3. The molecule has 0 fully saturated rings. The van der Waals surface area contributed by atoms with E-state index in [1.807, 2.05) is 20.8 Å². The summed E-state index contributed by atoms with van der Waals surface area (Å²) >= 11 is 0. The molecule has 0 aliphatic carbocycles. The highest BCUT2D eigenvalue weighted by molar-refractivity contribution is 7.92. The monoisotopic (exact) mass is 564 g/mol. The van der Waals surface area contributed by atoms with E-state index in [0.717, 1.165) is 16.6 Å². The minimum atomic E-state index is -4.12. The van der Waals surface area contributed by atoms with E-state index < -0.39 is 44.9 Å². The first-order valence-corrected chi connectivity index (χ1v) is 14.0. The molecule has 13 heteroatoms. The second kappa shape index (κ2) is 12.8. The molecule has 0 bridgehead atoms. The lowest BCUT2D eigenvalue weighted by Gasteiger charge is -2.34. The number of nitrogens with one attached hydrogen (secondary N) is 1. The van der Waals surface area contributed by atoms with Crippen molar-refractivity contribution in [1.82, 2.24) is 10.2 Å². The van der Waals surface area contributed by atoms with Gasteiger partial charge in [-0.05, 0) is 51.0 Å². The number of hydrogen-bond acceptors (Lipinski definition) is 8. The number of methoxy groups -OCH3 is 2. The molecule has 39 heavy (non-hydrogen) atoms. The Hall–Kier alpha value is -3.87. The van der Waals surface area contributed by atoms with Crippen molar-refractivity contribution < 1.29 is 32.4 Å². The molecular weight excluding hydrogens is 528 g/mol. The molecule has 214 valence electrons. The molecule has 2 amide bonds. The Morgan fingerprint density at radius 3 is 2.15 bits per heavy atom. The van der Waals surface area contributed by atoms with Crippen LogP contribution in [0.15, 0.2) is 42.5 Å². The molecule has 0 heterocycles. The SMILES string of the molecule is CC[C@H](C(=O)NC(C)(C)C)N(Cc1ccc(OC)cc1)C(=O)CN(c1cc([N+](=O)[O-])ccc1OC)S(C)(=O)=O. The maximum absolute atomic E-state index is 13.8. The van der Waals surface area contributed by atoms with Gasteiger partial charge in [-0.25, -0.2) is 8.42 Å². The lowest BCUT2D eigenvalue weighted by Crippen LogP contribution is -2.55. The van der Waals surface area contributed by atoms with E-state index >= 15 is 0 Å². The Kier molecular flexibility index (Phi) is 10.3. The molecule has 0 aliphatic rings. The number of amides is 2. The zero-order valence-corrected chi connectivity index (χ0v) is 24.1. The molecule has 0 spiro atoms. The van der Waals surface area contributed by atoms with Crippen LogP contribution in [0, 0.1) is 10.1 Å². The van der Waals surface area contributed by atoms with Crippen LogP contribution in [0.25, 0.3) is 0 Å². The van der Waals surface area contributed by atoms with Gasteiger partial charge in [0, 0.05) is 24.2 Å². The van der Waals surface area contributed by atoms with Gasteiger partial charge >= 0.3 is 0 Å². The summed E-state index contributed by atoms with van der Waals surface area (Å²) in [6.45, 7) is 6.47. The van der Waals surface area contributed by atoms with Crippen molar-refractivity contribution in [2.75, 3.05) is 31.3 Å². The van der Waals surface area contributed by atoms with Crippen LogP contribution in [0.4, 0.5) is 11.4 Å². The van der Waals surface area contributed by atoms with E-state index in [0.29, 0.717) is 11.3 Å². The van der Waals surface area contributed by atoms with Gasteiger partial charge in [-0.3, -0.25) is 24.0 Å². The van der Waals surface area contributed by atoms with Gasteiger partial charge in [-0.15, -0.1) is 0 Å². The molecule has 2 aromatic carbocycles. The third-order valence-electron chi connectivity index (χ3n) is 5.72. The number of sulfonamides is 1. The Morgan fingerprint density at radius 1 is 1.08 bits per heavy atom. The molecule has 0 aliphatic heterocycles. The molecule has 1 atom stereocenters.